The van der Waals surface area contributed by atoms with Crippen LogP contribution in [0.4, 0.5) is 0 Å². The summed E-state index contributed by atoms with van der Waals surface area (Å²) >= 11 is 0. The third-order valence-corrected chi connectivity index (χ3v) is 2.98. The molecule has 0 amide bonds. The number of hydrogen-bond acceptors (Lipinski definition) is 5. The number of Topliss-reactive ketones (excluding diaryl/α,β-unsaturated/α-hetero) is 1. The molecule has 2 rings (SSSR count). The van der Waals surface area contributed by atoms with E-state index >= 15 is 0 Å². The first-order chi connectivity index (χ1) is 11.2. The topological polar surface area (TPSA) is 171 Å². The Balaban J connectivity index is 0.000000277. The lowest BCUT2D eigenvalue weighted by Gasteiger charge is -2.04. The van der Waals surface area contributed by atoms with E-state index in [1.54, 1.807) is 0 Å². The Morgan fingerprint density at radius 1 is 1.08 bits per heavy atom. The molecule has 24 heavy (non-hydrogen) atoms. The Morgan fingerprint density at radius 2 is 1.71 bits per heavy atom. The highest BCUT2D eigenvalue weighted by Gasteiger charge is 2.15. The van der Waals surface area contributed by atoms with Crippen LogP contribution >= 0.6 is 0 Å². The van der Waals surface area contributed by atoms with Crippen molar-refractivity contribution in [3.8, 4) is 0 Å². The highest BCUT2D eigenvalue weighted by Crippen LogP contribution is 2.18. The largest absolute Gasteiger partial charge is 0.481 e. The van der Waals surface area contributed by atoms with Gasteiger partial charge in [0.05, 0.1) is 0 Å². The number of nitrogens with one attached hydrogen (secondary N) is 1. The number of carbonyl (C=O) groups is 4. The normalized spacial score (nSPS) is 11.2. The van der Waals surface area contributed by atoms with E-state index < -0.39 is 36.2 Å². The van der Waals surface area contributed by atoms with Gasteiger partial charge in [0.15, 0.2) is 0 Å². The van der Waals surface area contributed by atoms with Crippen LogP contribution in [0.2, 0.25) is 0 Å². The number of fused-ring (bicyclic) bond motifs is 1. The molecular formula is C15H16N2O7. The number of benzene rings is 1. The number of hydrogen-bond donors (Lipinski definition) is 5. The van der Waals surface area contributed by atoms with Gasteiger partial charge in [-0.3, -0.25) is 14.4 Å². The van der Waals surface area contributed by atoms with E-state index in [0.717, 1.165) is 16.5 Å². The van der Waals surface area contributed by atoms with Gasteiger partial charge < -0.3 is 26.0 Å². The Hall–Kier alpha value is -3.20. The lowest BCUT2D eigenvalue weighted by Crippen LogP contribution is -2.32. The summed E-state index contributed by atoms with van der Waals surface area (Å²) in [4.78, 5) is 42.9. The number of nitrogens with two attached hydrogens (primary N) is 1. The number of carboxylic acids is 3. The minimum absolute atomic E-state index is 0.347. The predicted octanol–water partition coefficient (Wildman–Crippen LogP) is 0.237. The summed E-state index contributed by atoms with van der Waals surface area (Å²) in [5.41, 5.74) is 7.43. The molecule has 0 aliphatic heterocycles. The molecule has 2 aromatic rings. The fourth-order valence-electron chi connectivity index (χ4n) is 1.84. The maximum Gasteiger partial charge on any atom is 0.372 e. The molecule has 0 saturated carbocycles. The zero-order valence-electron chi connectivity index (χ0n) is 12.4. The van der Waals surface area contributed by atoms with Gasteiger partial charge >= 0.3 is 17.9 Å². The molecule has 1 aromatic carbocycles. The Morgan fingerprint density at radius 3 is 2.21 bits per heavy atom. The number of rotatable bonds is 6. The summed E-state index contributed by atoms with van der Waals surface area (Å²) in [6.07, 6.45) is 1.21. The van der Waals surface area contributed by atoms with Crippen molar-refractivity contribution >= 4 is 34.6 Å². The van der Waals surface area contributed by atoms with Crippen molar-refractivity contribution in [2.45, 2.75) is 18.9 Å². The van der Waals surface area contributed by atoms with Crippen molar-refractivity contribution in [2.75, 3.05) is 0 Å². The van der Waals surface area contributed by atoms with Crippen LogP contribution in [0.5, 0.6) is 0 Å². The number of aliphatic carboxylic acids is 3. The molecule has 0 fully saturated rings. The van der Waals surface area contributed by atoms with E-state index in [-0.39, 0.29) is 0 Å². The summed E-state index contributed by atoms with van der Waals surface area (Å²) in [7, 11) is 0. The van der Waals surface area contributed by atoms with Crippen LogP contribution in [-0.4, -0.2) is 50.0 Å². The second kappa shape index (κ2) is 8.44. The number of H-pyrrole nitrogens is 1. The van der Waals surface area contributed by atoms with Crippen molar-refractivity contribution in [1.29, 1.82) is 0 Å². The van der Waals surface area contributed by atoms with Crippen molar-refractivity contribution < 1.29 is 34.5 Å². The molecule has 1 aromatic heterocycles. The van der Waals surface area contributed by atoms with Crippen LogP contribution in [0.25, 0.3) is 10.9 Å². The number of ketones is 1. The third-order valence-electron chi connectivity index (χ3n) is 2.98. The van der Waals surface area contributed by atoms with Gasteiger partial charge in [-0.1, -0.05) is 18.2 Å². The maximum absolute atomic E-state index is 10.6. The summed E-state index contributed by atoms with van der Waals surface area (Å²) in [5.74, 6) is -5.41. The smallest absolute Gasteiger partial charge is 0.372 e. The van der Waals surface area contributed by atoms with Crippen LogP contribution in [0.15, 0.2) is 30.5 Å². The minimum Gasteiger partial charge on any atom is -0.481 e. The van der Waals surface area contributed by atoms with Gasteiger partial charge in [-0.25, -0.2) is 4.79 Å². The Labute approximate surface area is 135 Å². The lowest BCUT2D eigenvalue weighted by molar-refractivity contribution is -0.152. The lowest BCUT2D eigenvalue weighted by atomic mass is 10.1. The van der Waals surface area contributed by atoms with Crippen LogP contribution in [0.3, 0.4) is 0 Å². The number of carbonyl (C=O) groups excluding carboxylic acids is 1. The monoisotopic (exact) mass is 336 g/mol. The summed E-state index contributed by atoms with van der Waals surface area (Å²) in [6.45, 7) is 0. The first-order valence-corrected chi connectivity index (χ1v) is 6.73. The standard InChI is InChI=1S/C11H12N2O2.C4H4O5/c12-9(11(14)15)5-7-6-13-10-4-2-1-3-8(7)10;5-2(4(8)9)1-3(6)7/h1-4,6,9,13H,5,12H2,(H,14,15);1H2,(H,6,7)(H,8,9). The fraction of sp³-hybridized carbons (Fsp3) is 0.200. The zero-order valence-corrected chi connectivity index (χ0v) is 12.4. The molecule has 0 aliphatic rings. The van der Waals surface area contributed by atoms with Crippen molar-refractivity contribution in [1.82, 2.24) is 4.98 Å². The zero-order chi connectivity index (χ0) is 18.3. The number of para-hydroxylation sites is 1. The number of carboxylic acid groups (broad SMARTS) is 3. The quantitative estimate of drug-likeness (QED) is 0.368. The van der Waals surface area contributed by atoms with Crippen molar-refractivity contribution in [3.05, 3.63) is 36.0 Å². The SMILES string of the molecule is NC(Cc1c[nH]c2ccccc12)C(=O)O.O=C(O)CC(=O)C(=O)O. The molecule has 6 N–H and O–H groups in total. The van der Waals surface area contributed by atoms with Gasteiger partial charge in [-0.05, 0) is 11.6 Å². The van der Waals surface area contributed by atoms with Gasteiger partial charge in [0.1, 0.15) is 12.5 Å². The number of aromatic amines is 1. The van der Waals surface area contributed by atoms with E-state index in [9.17, 15) is 19.2 Å². The molecule has 0 aliphatic carbocycles. The Kier molecular flexibility index (Phi) is 6.63. The van der Waals surface area contributed by atoms with Crippen LogP contribution in [-0.2, 0) is 25.6 Å². The van der Waals surface area contributed by atoms with Crippen LogP contribution in [0, 0.1) is 0 Å². The molecule has 128 valence electrons. The van der Waals surface area contributed by atoms with E-state index in [1.807, 2.05) is 30.5 Å². The van der Waals surface area contributed by atoms with E-state index in [1.165, 1.54) is 0 Å². The van der Waals surface area contributed by atoms with Crippen molar-refractivity contribution in [2.24, 2.45) is 5.73 Å². The molecule has 9 nitrogen and oxygen atoms in total. The third kappa shape index (κ3) is 5.54. The van der Waals surface area contributed by atoms with Gasteiger partial charge in [-0.15, -0.1) is 0 Å². The summed E-state index contributed by atoms with van der Waals surface area (Å²) in [6, 6.07) is 6.91. The van der Waals surface area contributed by atoms with Gasteiger partial charge in [0.25, 0.3) is 5.78 Å². The highest BCUT2D eigenvalue weighted by molar-refractivity contribution is 6.35. The van der Waals surface area contributed by atoms with Crippen LogP contribution < -0.4 is 5.73 Å². The first-order valence-electron chi connectivity index (χ1n) is 6.73. The van der Waals surface area contributed by atoms with Gasteiger partial charge in [0.2, 0.25) is 0 Å². The average Bonchev–Trinajstić information content (AvgIpc) is 2.90. The second-order valence-electron chi connectivity index (χ2n) is 4.81. The number of aromatic nitrogens is 1. The van der Waals surface area contributed by atoms with Crippen molar-refractivity contribution in [3.63, 3.8) is 0 Å². The molecule has 1 atom stereocenters. The van der Waals surface area contributed by atoms with Gasteiger partial charge in [-0.2, -0.15) is 0 Å². The second-order valence-corrected chi connectivity index (χ2v) is 4.81. The fourth-order valence-corrected chi connectivity index (χ4v) is 1.84. The average molecular weight is 336 g/mol. The molecule has 1 unspecified atom stereocenters. The van der Waals surface area contributed by atoms with E-state index in [0.29, 0.717) is 6.42 Å². The summed E-state index contributed by atoms with van der Waals surface area (Å²) in [5, 5.41) is 25.4. The van der Waals surface area contributed by atoms with E-state index in [4.69, 9.17) is 21.1 Å². The highest BCUT2D eigenvalue weighted by atomic mass is 16.4. The maximum atomic E-state index is 10.6. The van der Waals surface area contributed by atoms with Gasteiger partial charge in [0, 0.05) is 23.5 Å². The molecule has 0 spiro atoms. The minimum atomic E-state index is -1.71. The molecular weight excluding hydrogens is 320 g/mol. The van der Waals surface area contributed by atoms with Crippen LogP contribution in [0.1, 0.15) is 12.0 Å². The molecule has 0 bridgehead atoms. The molecule has 0 saturated heterocycles. The van der Waals surface area contributed by atoms with E-state index in [2.05, 4.69) is 4.98 Å². The molecule has 9 heteroatoms. The summed E-state index contributed by atoms with van der Waals surface area (Å²) < 4.78 is 0. The molecule has 1 heterocycles. The first kappa shape index (κ1) is 18.8. The Bertz CT molecular complexity index is 766. The predicted molar refractivity (Wildman–Crippen MR) is 82.5 cm³/mol. The molecule has 0 radical (unpaired) electrons.